The molecular formula is C33H37F3O2. The summed E-state index contributed by atoms with van der Waals surface area (Å²) in [4.78, 5) is 0. The van der Waals surface area contributed by atoms with Gasteiger partial charge in [0, 0.05) is 17.0 Å². The van der Waals surface area contributed by atoms with E-state index in [-0.39, 0.29) is 11.5 Å². The molecule has 0 atom stereocenters. The van der Waals surface area contributed by atoms with Gasteiger partial charge in [0.1, 0.15) is 5.82 Å². The highest BCUT2D eigenvalue weighted by Gasteiger charge is 2.25. The molecule has 0 saturated carbocycles. The number of hydrogen-bond acceptors (Lipinski definition) is 2. The van der Waals surface area contributed by atoms with Crippen LogP contribution in [0.4, 0.5) is 13.2 Å². The summed E-state index contributed by atoms with van der Waals surface area (Å²) in [6, 6.07) is 15.3. The molecule has 3 aromatic rings. The molecule has 0 unspecified atom stereocenters. The summed E-state index contributed by atoms with van der Waals surface area (Å²) < 4.78 is 56.2. The van der Waals surface area contributed by atoms with Gasteiger partial charge in [-0.1, -0.05) is 87.2 Å². The van der Waals surface area contributed by atoms with E-state index in [4.69, 9.17) is 9.47 Å². The van der Waals surface area contributed by atoms with Gasteiger partial charge in [-0.15, -0.1) is 6.58 Å². The van der Waals surface area contributed by atoms with E-state index in [0.29, 0.717) is 41.9 Å². The van der Waals surface area contributed by atoms with E-state index in [2.05, 4.69) is 13.5 Å². The highest BCUT2D eigenvalue weighted by molar-refractivity contribution is 5.71. The lowest BCUT2D eigenvalue weighted by Crippen LogP contribution is -2.27. The Morgan fingerprint density at radius 1 is 0.816 bits per heavy atom. The Labute approximate surface area is 224 Å². The molecule has 0 aliphatic carbocycles. The maximum absolute atomic E-state index is 15.0. The highest BCUT2D eigenvalue weighted by atomic mass is 19.2. The zero-order valence-corrected chi connectivity index (χ0v) is 22.2. The Morgan fingerprint density at radius 3 is 2.18 bits per heavy atom. The minimum Gasteiger partial charge on any atom is -0.348 e. The second-order valence-electron chi connectivity index (χ2n) is 10.1. The average molecular weight is 523 g/mol. The number of rotatable bonds is 12. The Morgan fingerprint density at radius 2 is 1.50 bits per heavy atom. The highest BCUT2D eigenvalue weighted by Crippen LogP contribution is 2.33. The lowest BCUT2D eigenvalue weighted by atomic mass is 9.97. The van der Waals surface area contributed by atoms with Crippen LogP contribution in [-0.4, -0.2) is 13.2 Å². The van der Waals surface area contributed by atoms with Crippen molar-refractivity contribution in [3.8, 4) is 22.3 Å². The Hall–Kier alpha value is -2.89. The van der Waals surface area contributed by atoms with Crippen molar-refractivity contribution in [1.82, 2.24) is 0 Å². The van der Waals surface area contributed by atoms with E-state index in [1.807, 2.05) is 12.1 Å². The monoisotopic (exact) mass is 522 g/mol. The van der Waals surface area contributed by atoms with Crippen LogP contribution in [0.5, 0.6) is 0 Å². The van der Waals surface area contributed by atoms with Crippen molar-refractivity contribution in [3.63, 3.8) is 0 Å². The number of hydrogen-bond donors (Lipinski definition) is 0. The van der Waals surface area contributed by atoms with E-state index in [1.165, 1.54) is 12.5 Å². The lowest BCUT2D eigenvalue weighted by molar-refractivity contribution is -0.207. The molecule has 1 heterocycles. The summed E-state index contributed by atoms with van der Waals surface area (Å²) in [5.74, 6) is -1.70. The van der Waals surface area contributed by atoms with Gasteiger partial charge in [0.15, 0.2) is 17.9 Å². The normalized spacial score (nSPS) is 17.5. The molecule has 0 bridgehead atoms. The molecule has 1 aliphatic heterocycles. The smallest absolute Gasteiger partial charge is 0.186 e. The molecule has 2 nitrogen and oxygen atoms in total. The second kappa shape index (κ2) is 13.8. The average Bonchev–Trinajstić information content (AvgIpc) is 2.94. The maximum Gasteiger partial charge on any atom is 0.186 e. The zero-order chi connectivity index (χ0) is 26.9. The first-order valence-corrected chi connectivity index (χ1v) is 13.7. The quantitative estimate of drug-likeness (QED) is 0.174. The topological polar surface area (TPSA) is 18.5 Å². The van der Waals surface area contributed by atoms with E-state index < -0.39 is 23.7 Å². The van der Waals surface area contributed by atoms with E-state index in [1.54, 1.807) is 42.5 Å². The largest absolute Gasteiger partial charge is 0.348 e. The van der Waals surface area contributed by atoms with Crippen molar-refractivity contribution < 1.29 is 22.6 Å². The van der Waals surface area contributed by atoms with Crippen molar-refractivity contribution in [2.45, 2.75) is 64.6 Å². The van der Waals surface area contributed by atoms with E-state index in [0.717, 1.165) is 44.1 Å². The molecule has 0 aromatic heterocycles. The molecule has 1 fully saturated rings. The Kier molecular flexibility index (Phi) is 10.2. The molecule has 202 valence electrons. The van der Waals surface area contributed by atoms with Gasteiger partial charge < -0.3 is 9.47 Å². The predicted octanol–water partition coefficient (Wildman–Crippen LogP) is 9.58. The molecule has 0 radical (unpaired) electrons. The summed E-state index contributed by atoms with van der Waals surface area (Å²) in [6.45, 7) is 6.94. The third kappa shape index (κ3) is 6.95. The van der Waals surface area contributed by atoms with Gasteiger partial charge in [0.25, 0.3) is 0 Å². The lowest BCUT2D eigenvalue weighted by Gasteiger charge is -2.29. The van der Waals surface area contributed by atoms with Crippen LogP contribution in [0.15, 0.2) is 67.3 Å². The van der Waals surface area contributed by atoms with Crippen molar-refractivity contribution >= 4 is 0 Å². The molecular weight excluding hydrogens is 485 g/mol. The molecule has 0 amide bonds. The SMILES string of the molecule is C=CCCC1COC(c2ccc(-c3ccc(-c4ccc(CCCCCCC)c(F)c4F)cc3)cc2F)OC1. The predicted molar refractivity (Wildman–Crippen MR) is 147 cm³/mol. The van der Waals surface area contributed by atoms with Crippen molar-refractivity contribution in [2.24, 2.45) is 5.92 Å². The standard InChI is InChI=1S/C33H37F3O2/c1-3-5-7-8-9-11-26-16-18-28(32(36)31(26)35)25-14-12-24(13-15-25)27-17-19-29(30(34)20-27)33-37-21-23(22-38-33)10-6-4-2/h4,12-20,23,33H,2-3,5-11,21-22H2,1H3. The zero-order valence-electron chi connectivity index (χ0n) is 22.2. The number of benzene rings is 3. The Balaban J connectivity index is 1.41. The van der Waals surface area contributed by atoms with E-state index in [9.17, 15) is 13.2 Å². The molecule has 0 N–H and O–H groups in total. The fraction of sp³-hybridized carbons (Fsp3) is 0.394. The van der Waals surface area contributed by atoms with Crippen molar-refractivity contribution in [3.05, 3.63) is 95.8 Å². The van der Waals surface area contributed by atoms with Crippen LogP contribution < -0.4 is 0 Å². The number of ether oxygens (including phenoxy) is 2. The maximum atomic E-state index is 15.0. The summed E-state index contributed by atoms with van der Waals surface area (Å²) >= 11 is 0. The van der Waals surface area contributed by atoms with Crippen LogP contribution in [-0.2, 0) is 15.9 Å². The van der Waals surface area contributed by atoms with Gasteiger partial charge in [-0.25, -0.2) is 13.2 Å². The molecule has 5 heteroatoms. The molecule has 0 spiro atoms. The molecule has 3 aromatic carbocycles. The van der Waals surface area contributed by atoms with Gasteiger partial charge in [0.05, 0.1) is 13.2 Å². The third-order valence-corrected chi connectivity index (χ3v) is 7.24. The van der Waals surface area contributed by atoms with Crippen LogP contribution in [0.1, 0.15) is 69.3 Å². The number of halogens is 3. The van der Waals surface area contributed by atoms with Crippen molar-refractivity contribution in [1.29, 1.82) is 0 Å². The summed E-state index contributed by atoms with van der Waals surface area (Å²) in [5.41, 5.74) is 3.06. The van der Waals surface area contributed by atoms with Crippen LogP contribution in [0, 0.1) is 23.4 Å². The molecule has 4 rings (SSSR count). The summed E-state index contributed by atoms with van der Waals surface area (Å²) in [7, 11) is 0. The fourth-order valence-electron chi connectivity index (χ4n) is 4.91. The van der Waals surface area contributed by atoms with E-state index >= 15 is 0 Å². The first-order chi connectivity index (χ1) is 18.5. The van der Waals surface area contributed by atoms with Gasteiger partial charge in [-0.2, -0.15) is 0 Å². The van der Waals surface area contributed by atoms with Crippen molar-refractivity contribution in [2.75, 3.05) is 13.2 Å². The third-order valence-electron chi connectivity index (χ3n) is 7.24. The van der Waals surface area contributed by atoms with Gasteiger partial charge in [-0.3, -0.25) is 0 Å². The van der Waals surface area contributed by atoms with Crippen LogP contribution >= 0.6 is 0 Å². The van der Waals surface area contributed by atoms with Crippen LogP contribution in [0.2, 0.25) is 0 Å². The van der Waals surface area contributed by atoms with Gasteiger partial charge in [-0.05, 0) is 54.0 Å². The molecule has 1 aliphatic rings. The first-order valence-electron chi connectivity index (χ1n) is 13.7. The second-order valence-corrected chi connectivity index (χ2v) is 10.1. The summed E-state index contributed by atoms with van der Waals surface area (Å²) in [5, 5.41) is 0. The van der Waals surface area contributed by atoms with Crippen LogP contribution in [0.3, 0.4) is 0 Å². The fourth-order valence-corrected chi connectivity index (χ4v) is 4.91. The first kappa shape index (κ1) is 28.1. The number of allylic oxidation sites excluding steroid dienone is 1. The van der Waals surface area contributed by atoms with Crippen LogP contribution in [0.25, 0.3) is 22.3 Å². The number of unbranched alkanes of at least 4 members (excludes halogenated alkanes) is 4. The molecule has 1 saturated heterocycles. The van der Waals surface area contributed by atoms with Gasteiger partial charge in [0.2, 0.25) is 0 Å². The number of aryl methyl sites for hydroxylation is 1. The summed E-state index contributed by atoms with van der Waals surface area (Å²) in [6.07, 6.45) is 8.86. The Bertz CT molecular complexity index is 1200. The van der Waals surface area contributed by atoms with Gasteiger partial charge >= 0.3 is 0 Å². The minimum atomic E-state index is -0.821. The minimum absolute atomic E-state index is 0.225. The molecule has 38 heavy (non-hydrogen) atoms.